The van der Waals surface area contributed by atoms with Crippen LogP contribution in [-0.4, -0.2) is 24.9 Å². The van der Waals surface area contributed by atoms with E-state index in [-0.39, 0.29) is 36.5 Å². The molecule has 1 unspecified atom stereocenters. The van der Waals surface area contributed by atoms with E-state index >= 15 is 0 Å². The van der Waals surface area contributed by atoms with Crippen LogP contribution in [-0.2, 0) is 16.0 Å². The first kappa shape index (κ1) is 20.1. The molecule has 1 fully saturated rings. The van der Waals surface area contributed by atoms with E-state index in [1.54, 1.807) is 17.0 Å². The summed E-state index contributed by atoms with van der Waals surface area (Å²) in [6, 6.07) is 8.76. The number of benzene rings is 2. The lowest BCUT2D eigenvalue weighted by atomic mass is 9.97. The van der Waals surface area contributed by atoms with Gasteiger partial charge in [-0.25, -0.2) is 8.78 Å². The molecule has 0 aromatic heterocycles. The molecule has 2 aromatic carbocycles. The molecule has 2 aliphatic rings. The van der Waals surface area contributed by atoms with Gasteiger partial charge in [0.2, 0.25) is 11.8 Å². The summed E-state index contributed by atoms with van der Waals surface area (Å²) < 4.78 is 26.7. The Bertz CT molecular complexity index is 938. The number of carbonyl (C=O) groups is 2. The highest BCUT2D eigenvalue weighted by molar-refractivity contribution is 6.14. The minimum atomic E-state index is -1.02. The summed E-state index contributed by atoms with van der Waals surface area (Å²) in [5, 5.41) is 0. The van der Waals surface area contributed by atoms with Crippen LogP contribution in [0, 0.1) is 17.6 Å². The van der Waals surface area contributed by atoms with Crippen molar-refractivity contribution in [2.45, 2.75) is 19.3 Å². The fourth-order valence-corrected chi connectivity index (χ4v) is 3.89. The summed E-state index contributed by atoms with van der Waals surface area (Å²) in [5.74, 6) is -3.47. The van der Waals surface area contributed by atoms with Crippen molar-refractivity contribution in [1.29, 1.82) is 0 Å². The van der Waals surface area contributed by atoms with Gasteiger partial charge >= 0.3 is 0 Å². The van der Waals surface area contributed by atoms with Gasteiger partial charge in [0.05, 0.1) is 0 Å². The van der Waals surface area contributed by atoms with Crippen molar-refractivity contribution in [2.24, 2.45) is 5.92 Å². The van der Waals surface area contributed by atoms with Crippen molar-refractivity contribution in [3.8, 4) is 0 Å². The van der Waals surface area contributed by atoms with E-state index in [1.807, 2.05) is 6.07 Å². The maximum Gasteiger partial charge on any atom is 0.239 e. The van der Waals surface area contributed by atoms with Gasteiger partial charge in [0.25, 0.3) is 0 Å². The molecule has 2 aromatic rings. The molecular weight excluding hydrogens is 388 g/mol. The predicted octanol–water partition coefficient (Wildman–Crippen LogP) is 3.30. The van der Waals surface area contributed by atoms with E-state index in [0.717, 1.165) is 36.2 Å². The average molecular weight is 408 g/mol. The number of nitrogen functional groups attached to an aromatic ring is 1. The summed E-state index contributed by atoms with van der Waals surface area (Å²) in [6.45, 7) is 0.822. The number of rotatable bonds is 2. The SMILES string of the molecule is Cl.Nc1cccc2c1CCCN2C(=O)C1CCN(c2ccc(F)c(F)c2)C1=O. The van der Waals surface area contributed by atoms with Gasteiger partial charge in [0.15, 0.2) is 11.6 Å². The summed E-state index contributed by atoms with van der Waals surface area (Å²) in [5.41, 5.74) is 8.62. The number of fused-ring (bicyclic) bond motifs is 1. The van der Waals surface area contributed by atoms with Crippen molar-refractivity contribution >= 4 is 41.3 Å². The van der Waals surface area contributed by atoms with Crippen LogP contribution in [0.1, 0.15) is 18.4 Å². The van der Waals surface area contributed by atoms with Crippen LogP contribution in [0.25, 0.3) is 0 Å². The average Bonchev–Trinajstić information content (AvgIpc) is 3.05. The van der Waals surface area contributed by atoms with E-state index in [4.69, 9.17) is 5.73 Å². The van der Waals surface area contributed by atoms with E-state index in [0.29, 0.717) is 18.7 Å². The minimum Gasteiger partial charge on any atom is -0.398 e. The molecule has 2 N–H and O–H groups in total. The maximum absolute atomic E-state index is 13.5. The third kappa shape index (κ3) is 3.30. The summed E-state index contributed by atoms with van der Waals surface area (Å²) in [4.78, 5) is 28.9. The fraction of sp³-hybridized carbons (Fsp3) is 0.300. The smallest absolute Gasteiger partial charge is 0.239 e. The molecule has 28 heavy (non-hydrogen) atoms. The molecule has 2 aliphatic heterocycles. The molecule has 1 saturated heterocycles. The van der Waals surface area contributed by atoms with Crippen LogP contribution in [0.5, 0.6) is 0 Å². The molecule has 0 saturated carbocycles. The zero-order chi connectivity index (χ0) is 19.1. The Morgan fingerprint density at radius 2 is 1.89 bits per heavy atom. The Morgan fingerprint density at radius 1 is 1.11 bits per heavy atom. The second-order valence-corrected chi connectivity index (χ2v) is 6.87. The highest BCUT2D eigenvalue weighted by Crippen LogP contribution is 2.34. The number of hydrogen-bond acceptors (Lipinski definition) is 3. The normalized spacial score (nSPS) is 18.6. The van der Waals surface area contributed by atoms with Crippen LogP contribution in [0.4, 0.5) is 25.8 Å². The minimum absolute atomic E-state index is 0. The molecule has 2 heterocycles. The first-order chi connectivity index (χ1) is 13.0. The number of amides is 2. The second kappa shape index (κ2) is 7.75. The standard InChI is InChI=1S/C20H19F2N3O2.ClH/c21-15-7-6-12(11-16(15)22)24-10-8-14(19(24)26)20(27)25-9-2-3-13-17(23)4-1-5-18(13)25;/h1,4-7,11,14H,2-3,8-10,23H2;1H. The lowest BCUT2D eigenvalue weighted by molar-refractivity contribution is -0.130. The molecule has 2 amide bonds. The Balaban J connectivity index is 0.00000225. The zero-order valence-electron chi connectivity index (χ0n) is 15.0. The Morgan fingerprint density at radius 3 is 2.64 bits per heavy atom. The van der Waals surface area contributed by atoms with Crippen molar-refractivity contribution < 1.29 is 18.4 Å². The number of nitrogens with zero attached hydrogens (tertiary/aromatic N) is 2. The first-order valence-corrected chi connectivity index (χ1v) is 8.92. The van der Waals surface area contributed by atoms with Crippen LogP contribution in [0.2, 0.25) is 0 Å². The molecule has 148 valence electrons. The quantitative estimate of drug-likeness (QED) is 0.613. The maximum atomic E-state index is 13.5. The van der Waals surface area contributed by atoms with Crippen molar-refractivity contribution in [2.75, 3.05) is 28.6 Å². The molecule has 5 nitrogen and oxygen atoms in total. The van der Waals surface area contributed by atoms with Gasteiger partial charge in [-0.05, 0) is 49.1 Å². The summed E-state index contributed by atoms with van der Waals surface area (Å²) in [7, 11) is 0. The van der Waals surface area contributed by atoms with Crippen LogP contribution in [0.3, 0.4) is 0 Å². The van der Waals surface area contributed by atoms with Gasteiger partial charge in [-0.2, -0.15) is 0 Å². The van der Waals surface area contributed by atoms with E-state index < -0.39 is 17.6 Å². The molecule has 0 aliphatic carbocycles. The van der Waals surface area contributed by atoms with E-state index in [2.05, 4.69) is 0 Å². The molecule has 8 heteroatoms. The molecule has 1 atom stereocenters. The number of carbonyl (C=O) groups excluding carboxylic acids is 2. The van der Waals surface area contributed by atoms with Crippen LogP contribution < -0.4 is 15.5 Å². The third-order valence-corrected chi connectivity index (χ3v) is 5.27. The molecule has 0 bridgehead atoms. The molecule has 0 spiro atoms. The first-order valence-electron chi connectivity index (χ1n) is 8.92. The van der Waals surface area contributed by atoms with Gasteiger partial charge in [0, 0.05) is 36.2 Å². The fourth-order valence-electron chi connectivity index (χ4n) is 3.89. The van der Waals surface area contributed by atoms with Crippen LogP contribution >= 0.6 is 12.4 Å². The summed E-state index contributed by atoms with van der Waals surface area (Å²) >= 11 is 0. The van der Waals surface area contributed by atoms with E-state index in [1.165, 1.54) is 11.0 Å². The van der Waals surface area contributed by atoms with Gasteiger partial charge in [-0.3, -0.25) is 9.59 Å². The topological polar surface area (TPSA) is 66.6 Å². The second-order valence-electron chi connectivity index (χ2n) is 6.87. The van der Waals surface area contributed by atoms with E-state index in [9.17, 15) is 18.4 Å². The lowest BCUT2D eigenvalue weighted by Crippen LogP contribution is -2.42. The third-order valence-electron chi connectivity index (χ3n) is 5.27. The zero-order valence-corrected chi connectivity index (χ0v) is 15.8. The Labute approximate surface area is 167 Å². The Hall–Kier alpha value is -2.67. The number of halogens is 3. The number of anilines is 3. The highest BCUT2D eigenvalue weighted by atomic mass is 35.5. The molecule has 0 radical (unpaired) electrons. The summed E-state index contributed by atoms with van der Waals surface area (Å²) in [6.07, 6.45) is 1.91. The lowest BCUT2D eigenvalue weighted by Gasteiger charge is -2.31. The Kier molecular flexibility index (Phi) is 5.56. The van der Waals surface area contributed by atoms with Gasteiger partial charge in [0.1, 0.15) is 5.92 Å². The van der Waals surface area contributed by atoms with Gasteiger partial charge in [-0.15, -0.1) is 12.4 Å². The van der Waals surface area contributed by atoms with Gasteiger partial charge < -0.3 is 15.5 Å². The molecular formula is C20H20ClF2N3O2. The van der Waals surface area contributed by atoms with Crippen molar-refractivity contribution in [3.63, 3.8) is 0 Å². The number of nitrogens with two attached hydrogens (primary N) is 1. The number of hydrogen-bond donors (Lipinski definition) is 1. The van der Waals surface area contributed by atoms with Crippen molar-refractivity contribution in [3.05, 3.63) is 53.6 Å². The van der Waals surface area contributed by atoms with Crippen LogP contribution in [0.15, 0.2) is 36.4 Å². The monoisotopic (exact) mass is 407 g/mol. The van der Waals surface area contributed by atoms with Crippen molar-refractivity contribution in [1.82, 2.24) is 0 Å². The predicted molar refractivity (Wildman–Crippen MR) is 106 cm³/mol. The highest BCUT2D eigenvalue weighted by Gasteiger charge is 2.41. The largest absolute Gasteiger partial charge is 0.398 e. The van der Waals surface area contributed by atoms with Gasteiger partial charge in [-0.1, -0.05) is 6.07 Å². The molecule has 4 rings (SSSR count).